The predicted octanol–water partition coefficient (Wildman–Crippen LogP) is 2.53. The fourth-order valence-corrected chi connectivity index (χ4v) is 3.45. The number of aliphatic carboxylic acids is 1. The molecule has 8 nitrogen and oxygen atoms in total. The van der Waals surface area contributed by atoms with Crippen LogP contribution in [-0.2, 0) is 14.8 Å². The average molecular weight is 371 g/mol. The zero-order valence-corrected chi connectivity index (χ0v) is 13.6. The van der Waals surface area contributed by atoms with Gasteiger partial charge in [0.05, 0.1) is 15.5 Å². The number of hydrogen-bond acceptors (Lipinski definition) is 5. The number of nitrogens with zero attached hydrogens (tertiary/aromatic N) is 2. The van der Waals surface area contributed by atoms with Crippen molar-refractivity contribution in [2.24, 2.45) is 0 Å². The second kappa shape index (κ2) is 6.85. The molecule has 1 N–H and O–H groups in total. The van der Waals surface area contributed by atoms with Crippen LogP contribution in [0.4, 0.5) is 11.4 Å². The molecule has 0 atom stereocenters. The van der Waals surface area contributed by atoms with Crippen LogP contribution < -0.4 is 4.31 Å². The molecule has 0 saturated carbocycles. The van der Waals surface area contributed by atoms with Crippen LogP contribution in [0.3, 0.4) is 0 Å². The molecule has 0 saturated heterocycles. The van der Waals surface area contributed by atoms with Gasteiger partial charge in [0.15, 0.2) is 0 Å². The number of nitro groups is 1. The van der Waals surface area contributed by atoms with Crippen LogP contribution in [0.2, 0.25) is 5.02 Å². The smallest absolute Gasteiger partial charge is 0.324 e. The highest BCUT2D eigenvalue weighted by atomic mass is 35.5. The summed E-state index contributed by atoms with van der Waals surface area (Å²) in [7, 11) is -4.22. The normalized spacial score (nSPS) is 11.0. The number of carbonyl (C=O) groups is 1. The Morgan fingerprint density at radius 2 is 1.67 bits per heavy atom. The molecule has 0 spiro atoms. The minimum absolute atomic E-state index is 0.111. The van der Waals surface area contributed by atoms with E-state index in [2.05, 4.69) is 0 Å². The molecule has 0 unspecified atom stereocenters. The number of benzene rings is 2. The number of anilines is 1. The van der Waals surface area contributed by atoms with E-state index >= 15 is 0 Å². The number of rotatable bonds is 6. The second-order valence-electron chi connectivity index (χ2n) is 4.63. The molecule has 0 amide bonds. The molecule has 0 aliphatic heterocycles. The highest BCUT2D eigenvalue weighted by Crippen LogP contribution is 2.26. The molecule has 0 aliphatic carbocycles. The molecule has 0 heterocycles. The van der Waals surface area contributed by atoms with E-state index in [4.69, 9.17) is 16.7 Å². The lowest BCUT2D eigenvalue weighted by molar-refractivity contribution is -0.384. The van der Waals surface area contributed by atoms with Gasteiger partial charge < -0.3 is 5.11 Å². The third-order valence-corrected chi connectivity index (χ3v) is 5.07. The average Bonchev–Trinajstić information content (AvgIpc) is 2.53. The number of carboxylic acid groups (broad SMARTS) is 1. The third-order valence-electron chi connectivity index (χ3n) is 3.03. The number of carboxylic acids is 1. The molecule has 2 rings (SSSR count). The summed E-state index contributed by atoms with van der Waals surface area (Å²) >= 11 is 5.75. The van der Waals surface area contributed by atoms with Crippen LogP contribution >= 0.6 is 11.6 Å². The lowest BCUT2D eigenvalue weighted by Gasteiger charge is -2.22. The fraction of sp³-hybridized carbons (Fsp3) is 0.0714. The molecule has 0 aromatic heterocycles. The van der Waals surface area contributed by atoms with Crippen LogP contribution in [0.25, 0.3) is 0 Å². The van der Waals surface area contributed by atoms with Crippen molar-refractivity contribution >= 4 is 39.0 Å². The standard InChI is InChI=1S/C14H11ClN2O6S/c15-10-1-3-11(4-2-10)16(9-14(18)19)24(22,23)13-7-5-12(6-8-13)17(20)21/h1-8H,9H2,(H,18,19). The first-order valence-corrected chi connectivity index (χ1v) is 8.28. The van der Waals surface area contributed by atoms with Gasteiger partial charge in [0.1, 0.15) is 6.54 Å². The molecule has 10 heteroatoms. The van der Waals surface area contributed by atoms with Gasteiger partial charge in [-0.15, -0.1) is 0 Å². The summed E-state index contributed by atoms with van der Waals surface area (Å²) in [5, 5.41) is 20.0. The zero-order chi connectivity index (χ0) is 17.9. The molecular weight excluding hydrogens is 360 g/mol. The summed E-state index contributed by atoms with van der Waals surface area (Å²) in [5.41, 5.74) is -0.162. The van der Waals surface area contributed by atoms with Gasteiger partial charge in [0.25, 0.3) is 15.7 Å². The van der Waals surface area contributed by atoms with Crippen molar-refractivity contribution in [1.29, 1.82) is 0 Å². The van der Waals surface area contributed by atoms with Gasteiger partial charge in [0.2, 0.25) is 0 Å². The van der Waals surface area contributed by atoms with E-state index in [9.17, 15) is 23.3 Å². The molecule has 126 valence electrons. The van der Waals surface area contributed by atoms with Gasteiger partial charge in [-0.05, 0) is 36.4 Å². The maximum Gasteiger partial charge on any atom is 0.324 e. The van der Waals surface area contributed by atoms with Crippen molar-refractivity contribution in [3.05, 3.63) is 63.7 Å². The Morgan fingerprint density at radius 1 is 1.12 bits per heavy atom. The van der Waals surface area contributed by atoms with E-state index in [1.165, 1.54) is 24.3 Å². The van der Waals surface area contributed by atoms with E-state index in [-0.39, 0.29) is 16.3 Å². The van der Waals surface area contributed by atoms with Crippen molar-refractivity contribution in [3.8, 4) is 0 Å². The Balaban J connectivity index is 2.48. The summed E-state index contributed by atoms with van der Waals surface area (Å²) in [6, 6.07) is 9.77. The Bertz CT molecular complexity index is 865. The Hall–Kier alpha value is -2.65. The molecule has 2 aromatic rings. The van der Waals surface area contributed by atoms with Crippen LogP contribution in [0.1, 0.15) is 0 Å². The summed E-state index contributed by atoms with van der Waals surface area (Å²) < 4.78 is 26.1. The van der Waals surface area contributed by atoms with Gasteiger partial charge >= 0.3 is 5.97 Å². The first-order valence-electron chi connectivity index (χ1n) is 6.46. The predicted molar refractivity (Wildman–Crippen MR) is 86.7 cm³/mol. The van der Waals surface area contributed by atoms with Crippen molar-refractivity contribution < 1.29 is 23.2 Å². The van der Waals surface area contributed by atoms with Crippen molar-refractivity contribution in [2.45, 2.75) is 4.90 Å². The quantitative estimate of drug-likeness (QED) is 0.616. The molecule has 2 aromatic carbocycles. The van der Waals surface area contributed by atoms with E-state index in [0.29, 0.717) is 9.33 Å². The molecule has 0 aliphatic rings. The third kappa shape index (κ3) is 3.81. The number of halogens is 1. The summed E-state index contributed by atoms with van der Waals surface area (Å²) in [6.45, 7) is -0.805. The highest BCUT2D eigenvalue weighted by molar-refractivity contribution is 7.92. The molecule has 24 heavy (non-hydrogen) atoms. The first kappa shape index (κ1) is 17.7. The molecular formula is C14H11ClN2O6S. The number of nitro benzene ring substituents is 1. The summed E-state index contributed by atoms with van der Waals surface area (Å²) in [6.07, 6.45) is 0. The van der Waals surface area contributed by atoms with Crippen molar-refractivity contribution in [3.63, 3.8) is 0 Å². The van der Waals surface area contributed by atoms with E-state index in [1.807, 2.05) is 0 Å². The molecule has 0 bridgehead atoms. The van der Waals surface area contributed by atoms with Gasteiger partial charge in [-0.25, -0.2) is 8.42 Å². The van der Waals surface area contributed by atoms with Crippen molar-refractivity contribution in [1.82, 2.24) is 0 Å². The zero-order valence-electron chi connectivity index (χ0n) is 12.0. The highest BCUT2D eigenvalue weighted by Gasteiger charge is 2.27. The SMILES string of the molecule is O=C(O)CN(c1ccc(Cl)cc1)S(=O)(=O)c1ccc([N+](=O)[O-])cc1. The Labute approximate surface area is 142 Å². The van der Waals surface area contributed by atoms with Gasteiger partial charge in [-0.2, -0.15) is 0 Å². The summed E-state index contributed by atoms with van der Waals surface area (Å²) in [4.78, 5) is 20.8. The first-order chi connectivity index (χ1) is 11.2. The molecule has 0 radical (unpaired) electrons. The van der Waals surface area contributed by atoms with Crippen LogP contribution in [0.5, 0.6) is 0 Å². The van der Waals surface area contributed by atoms with E-state index in [1.54, 1.807) is 0 Å². The number of sulfonamides is 1. The topological polar surface area (TPSA) is 118 Å². The van der Waals surface area contributed by atoms with Crippen LogP contribution in [0, 0.1) is 10.1 Å². The maximum absolute atomic E-state index is 12.7. The van der Waals surface area contributed by atoms with Gasteiger partial charge in [-0.3, -0.25) is 19.2 Å². The van der Waals surface area contributed by atoms with Gasteiger partial charge in [0, 0.05) is 17.2 Å². The Morgan fingerprint density at radius 3 is 2.12 bits per heavy atom. The maximum atomic E-state index is 12.7. The van der Waals surface area contributed by atoms with E-state index in [0.717, 1.165) is 24.3 Å². The Kier molecular flexibility index (Phi) is 5.05. The fourth-order valence-electron chi connectivity index (χ4n) is 1.91. The lowest BCUT2D eigenvalue weighted by atomic mass is 10.3. The van der Waals surface area contributed by atoms with E-state index < -0.39 is 27.5 Å². The number of hydrogen-bond donors (Lipinski definition) is 1. The van der Waals surface area contributed by atoms with Crippen molar-refractivity contribution in [2.75, 3.05) is 10.8 Å². The monoisotopic (exact) mass is 370 g/mol. The number of non-ortho nitro benzene ring substituents is 1. The lowest BCUT2D eigenvalue weighted by Crippen LogP contribution is -2.35. The minimum Gasteiger partial charge on any atom is -0.480 e. The van der Waals surface area contributed by atoms with Crippen LogP contribution in [-0.4, -0.2) is 31.0 Å². The van der Waals surface area contributed by atoms with Crippen LogP contribution in [0.15, 0.2) is 53.4 Å². The largest absolute Gasteiger partial charge is 0.480 e. The summed E-state index contributed by atoms with van der Waals surface area (Å²) in [5.74, 6) is -1.35. The minimum atomic E-state index is -4.22. The second-order valence-corrected chi connectivity index (χ2v) is 6.93. The molecule has 0 fully saturated rings. The van der Waals surface area contributed by atoms with Gasteiger partial charge in [-0.1, -0.05) is 11.6 Å².